The minimum absolute atomic E-state index is 0.0238. The molecule has 1 heterocycles. The van der Waals surface area contributed by atoms with Crippen molar-refractivity contribution in [1.29, 1.82) is 0 Å². The average Bonchev–Trinajstić information content (AvgIpc) is 2.44. The van der Waals surface area contributed by atoms with Gasteiger partial charge in [0.1, 0.15) is 5.82 Å². The molecule has 1 saturated carbocycles. The van der Waals surface area contributed by atoms with E-state index in [1.165, 1.54) is 19.3 Å². The molecule has 0 aromatic carbocycles. The van der Waals surface area contributed by atoms with Gasteiger partial charge in [0.25, 0.3) is 5.56 Å². The average molecular weight is 291 g/mol. The quantitative estimate of drug-likeness (QED) is 0.894. The zero-order valence-corrected chi connectivity index (χ0v) is 13.8. The van der Waals surface area contributed by atoms with Crippen molar-refractivity contribution in [3.63, 3.8) is 0 Å². The normalized spacial score (nSPS) is 23.2. The van der Waals surface area contributed by atoms with Gasteiger partial charge in [-0.05, 0) is 39.5 Å². The van der Waals surface area contributed by atoms with Crippen LogP contribution in [0.4, 0.5) is 0 Å². The van der Waals surface area contributed by atoms with Crippen LogP contribution in [0.15, 0.2) is 10.9 Å². The summed E-state index contributed by atoms with van der Waals surface area (Å²) < 4.78 is 0. The van der Waals surface area contributed by atoms with Crippen LogP contribution in [0.3, 0.4) is 0 Å². The minimum atomic E-state index is -0.0238. The van der Waals surface area contributed by atoms with Crippen LogP contribution in [-0.4, -0.2) is 15.5 Å². The molecule has 0 amide bonds. The summed E-state index contributed by atoms with van der Waals surface area (Å²) in [5.74, 6) is 2.10. The van der Waals surface area contributed by atoms with E-state index < -0.39 is 0 Å². The number of nitrogens with one attached hydrogen (secondary N) is 2. The summed E-state index contributed by atoms with van der Waals surface area (Å²) in [6, 6.07) is 1.61. The number of hydrogen-bond donors (Lipinski definition) is 2. The second kappa shape index (κ2) is 6.73. The third kappa shape index (κ3) is 4.95. The molecule has 2 N–H and O–H groups in total. The number of nitrogens with zero attached hydrogens (tertiary/aromatic N) is 1. The third-order valence-corrected chi connectivity index (χ3v) is 4.36. The van der Waals surface area contributed by atoms with Crippen molar-refractivity contribution in [3.05, 3.63) is 27.9 Å². The Morgan fingerprint density at radius 3 is 2.81 bits per heavy atom. The molecule has 4 nitrogen and oxygen atoms in total. The van der Waals surface area contributed by atoms with Crippen LogP contribution >= 0.6 is 0 Å². The molecular formula is C17H29N3O. The summed E-state index contributed by atoms with van der Waals surface area (Å²) in [5, 5.41) is 3.40. The monoisotopic (exact) mass is 291 g/mol. The first kappa shape index (κ1) is 16.2. The van der Waals surface area contributed by atoms with E-state index in [1.54, 1.807) is 6.07 Å². The van der Waals surface area contributed by atoms with Gasteiger partial charge in [0.05, 0.1) is 5.69 Å². The Balaban J connectivity index is 2.13. The first-order valence-corrected chi connectivity index (χ1v) is 8.22. The Bertz CT molecular complexity index is 516. The van der Waals surface area contributed by atoms with Gasteiger partial charge in [-0.25, -0.2) is 4.98 Å². The fourth-order valence-electron chi connectivity index (χ4n) is 3.08. The molecule has 0 saturated heterocycles. The van der Waals surface area contributed by atoms with Crippen LogP contribution in [-0.2, 0) is 6.54 Å². The molecular weight excluding hydrogens is 262 g/mol. The summed E-state index contributed by atoms with van der Waals surface area (Å²) in [5.41, 5.74) is 0.856. The second-order valence-electron chi connectivity index (χ2n) is 7.36. The predicted octanol–water partition coefficient (Wildman–Crippen LogP) is 3.34. The van der Waals surface area contributed by atoms with Crippen LogP contribution in [0.1, 0.15) is 77.2 Å². The smallest absolute Gasteiger partial charge is 0.251 e. The summed E-state index contributed by atoms with van der Waals surface area (Å²) in [6.45, 7) is 9.26. The zero-order valence-electron chi connectivity index (χ0n) is 13.8. The van der Waals surface area contributed by atoms with Crippen LogP contribution in [0, 0.1) is 5.92 Å². The number of H-pyrrole nitrogens is 1. The molecule has 2 atom stereocenters. The lowest BCUT2D eigenvalue weighted by molar-refractivity contribution is 0.306. The molecule has 1 aromatic rings. The molecule has 0 spiro atoms. The summed E-state index contributed by atoms with van der Waals surface area (Å²) in [6.07, 6.45) is 6.11. The van der Waals surface area contributed by atoms with E-state index >= 15 is 0 Å². The molecule has 118 valence electrons. The first-order chi connectivity index (χ1) is 9.87. The maximum Gasteiger partial charge on any atom is 0.251 e. The van der Waals surface area contributed by atoms with Gasteiger partial charge in [-0.2, -0.15) is 0 Å². The van der Waals surface area contributed by atoms with Crippen LogP contribution in [0.25, 0.3) is 0 Å². The van der Waals surface area contributed by atoms with Crippen molar-refractivity contribution in [2.45, 2.75) is 77.8 Å². The Hall–Kier alpha value is -1.16. The van der Waals surface area contributed by atoms with Gasteiger partial charge in [0.2, 0.25) is 0 Å². The van der Waals surface area contributed by atoms with Crippen molar-refractivity contribution >= 4 is 0 Å². The van der Waals surface area contributed by atoms with E-state index in [-0.39, 0.29) is 11.1 Å². The molecule has 1 aromatic heterocycles. The molecule has 0 radical (unpaired) electrons. The highest BCUT2D eigenvalue weighted by Crippen LogP contribution is 2.35. The lowest BCUT2D eigenvalue weighted by Crippen LogP contribution is -2.36. The molecule has 1 aliphatic rings. The van der Waals surface area contributed by atoms with Crippen LogP contribution in [0.5, 0.6) is 0 Å². The summed E-state index contributed by atoms with van der Waals surface area (Å²) in [7, 11) is 0. The number of aromatic amines is 1. The Morgan fingerprint density at radius 1 is 1.38 bits per heavy atom. The maximum atomic E-state index is 11.9. The van der Waals surface area contributed by atoms with Crippen molar-refractivity contribution in [1.82, 2.24) is 15.3 Å². The fraction of sp³-hybridized carbons (Fsp3) is 0.765. The van der Waals surface area contributed by atoms with Crippen LogP contribution < -0.4 is 10.9 Å². The van der Waals surface area contributed by atoms with E-state index in [1.807, 2.05) is 0 Å². The number of aromatic nitrogens is 2. The largest absolute Gasteiger partial charge is 0.310 e. The summed E-state index contributed by atoms with van der Waals surface area (Å²) in [4.78, 5) is 19.6. The van der Waals surface area contributed by atoms with E-state index in [4.69, 9.17) is 4.98 Å². The Kier molecular flexibility index (Phi) is 5.20. The van der Waals surface area contributed by atoms with E-state index in [0.29, 0.717) is 12.5 Å². The molecule has 0 bridgehead atoms. The van der Waals surface area contributed by atoms with Gasteiger partial charge in [-0.1, -0.05) is 26.2 Å². The maximum absolute atomic E-state index is 11.9. The highest BCUT2D eigenvalue weighted by atomic mass is 16.1. The van der Waals surface area contributed by atoms with Gasteiger partial charge in [-0.3, -0.25) is 4.79 Å². The lowest BCUT2D eigenvalue weighted by Gasteiger charge is -2.28. The van der Waals surface area contributed by atoms with Crippen molar-refractivity contribution < 1.29 is 0 Å². The molecule has 4 heteroatoms. The molecule has 21 heavy (non-hydrogen) atoms. The van der Waals surface area contributed by atoms with E-state index in [2.05, 4.69) is 38.0 Å². The molecule has 1 fully saturated rings. The second-order valence-corrected chi connectivity index (χ2v) is 7.36. The Labute approximate surface area is 127 Å². The highest BCUT2D eigenvalue weighted by molar-refractivity contribution is 5.07. The van der Waals surface area contributed by atoms with Gasteiger partial charge in [-0.15, -0.1) is 0 Å². The Morgan fingerprint density at radius 2 is 2.14 bits per heavy atom. The molecule has 0 aliphatic heterocycles. The van der Waals surface area contributed by atoms with Gasteiger partial charge in [0, 0.05) is 24.1 Å². The molecule has 2 rings (SSSR count). The predicted molar refractivity (Wildman–Crippen MR) is 86.4 cm³/mol. The highest BCUT2D eigenvalue weighted by Gasteiger charge is 2.24. The molecule has 2 unspecified atom stereocenters. The number of hydrogen-bond acceptors (Lipinski definition) is 3. The minimum Gasteiger partial charge on any atom is -0.310 e. The SMILES string of the molecule is CCC1CCCC(c2nc(CNC(C)(C)C)cc(=O)[nH]2)C1. The lowest BCUT2D eigenvalue weighted by atomic mass is 9.80. The van der Waals surface area contributed by atoms with Crippen molar-refractivity contribution in [2.75, 3.05) is 0 Å². The van der Waals surface area contributed by atoms with Crippen molar-refractivity contribution in [3.8, 4) is 0 Å². The standard InChI is InChI=1S/C17H29N3O/c1-5-12-7-6-8-13(9-12)16-19-14(10-15(21)20-16)11-18-17(2,3)4/h10,12-13,18H,5-9,11H2,1-4H3,(H,19,20,21). The first-order valence-electron chi connectivity index (χ1n) is 8.22. The third-order valence-electron chi connectivity index (χ3n) is 4.36. The zero-order chi connectivity index (χ0) is 15.5. The number of rotatable bonds is 4. The van der Waals surface area contributed by atoms with E-state index in [9.17, 15) is 4.79 Å². The topological polar surface area (TPSA) is 57.8 Å². The van der Waals surface area contributed by atoms with Crippen LogP contribution in [0.2, 0.25) is 0 Å². The fourth-order valence-corrected chi connectivity index (χ4v) is 3.08. The van der Waals surface area contributed by atoms with Gasteiger partial charge >= 0.3 is 0 Å². The van der Waals surface area contributed by atoms with Crippen molar-refractivity contribution in [2.24, 2.45) is 5.92 Å². The summed E-state index contributed by atoms with van der Waals surface area (Å²) >= 11 is 0. The van der Waals surface area contributed by atoms with Gasteiger partial charge < -0.3 is 10.3 Å². The van der Waals surface area contributed by atoms with Gasteiger partial charge in [0.15, 0.2) is 0 Å². The van der Waals surface area contributed by atoms with E-state index in [0.717, 1.165) is 30.3 Å². The molecule has 1 aliphatic carbocycles.